The molecule has 114 valence electrons. The summed E-state index contributed by atoms with van der Waals surface area (Å²) in [6.45, 7) is 0.917. The smallest absolute Gasteiger partial charge is 0.254 e. The Labute approximate surface area is 121 Å². The first-order valence-electron chi connectivity index (χ1n) is 7.25. The molecule has 1 saturated carbocycles. The standard InChI is InChI=1S/C15H18F2N2O2/c16-10-7-9(8-11(17)14(10)18)15(20)19-5-6-21-13-4-2-1-3-12(13)19/h7-8,12-13H,1-6,18H2. The van der Waals surface area contributed by atoms with Gasteiger partial charge >= 0.3 is 0 Å². The van der Waals surface area contributed by atoms with Gasteiger partial charge in [-0.1, -0.05) is 12.8 Å². The molecule has 2 unspecified atom stereocenters. The lowest BCUT2D eigenvalue weighted by atomic mass is 9.89. The number of amides is 1. The number of carbonyl (C=O) groups excluding carboxylic acids is 1. The number of nitrogen functional groups attached to an aromatic ring is 1. The van der Waals surface area contributed by atoms with Gasteiger partial charge in [-0.3, -0.25) is 4.79 Å². The zero-order valence-electron chi connectivity index (χ0n) is 11.6. The number of fused-ring (bicyclic) bond motifs is 1. The Kier molecular flexibility index (Phi) is 3.80. The lowest BCUT2D eigenvalue weighted by Crippen LogP contribution is -2.54. The number of nitrogens with two attached hydrogens (primary N) is 1. The summed E-state index contributed by atoms with van der Waals surface area (Å²) in [5, 5.41) is 0. The summed E-state index contributed by atoms with van der Waals surface area (Å²) in [7, 11) is 0. The summed E-state index contributed by atoms with van der Waals surface area (Å²) >= 11 is 0. The molecule has 2 fully saturated rings. The van der Waals surface area contributed by atoms with Crippen LogP contribution in [0.25, 0.3) is 0 Å². The summed E-state index contributed by atoms with van der Waals surface area (Å²) in [6.07, 6.45) is 3.97. The fraction of sp³-hybridized carbons (Fsp3) is 0.533. The van der Waals surface area contributed by atoms with Gasteiger partial charge in [0.25, 0.3) is 5.91 Å². The number of hydrogen-bond donors (Lipinski definition) is 1. The molecule has 0 radical (unpaired) electrons. The minimum Gasteiger partial charge on any atom is -0.394 e. The second-order valence-corrected chi connectivity index (χ2v) is 5.61. The van der Waals surface area contributed by atoms with E-state index in [0.717, 1.165) is 37.8 Å². The van der Waals surface area contributed by atoms with Gasteiger partial charge in [-0.15, -0.1) is 0 Å². The Morgan fingerprint density at radius 3 is 2.62 bits per heavy atom. The van der Waals surface area contributed by atoms with Crippen LogP contribution in [0.4, 0.5) is 14.5 Å². The second-order valence-electron chi connectivity index (χ2n) is 5.61. The van der Waals surface area contributed by atoms with Crippen LogP contribution in [0.3, 0.4) is 0 Å². The van der Waals surface area contributed by atoms with E-state index in [4.69, 9.17) is 10.5 Å². The van der Waals surface area contributed by atoms with Crippen molar-refractivity contribution in [3.8, 4) is 0 Å². The molecule has 6 heteroatoms. The SMILES string of the molecule is Nc1c(F)cc(C(=O)N2CCOC3CCCCC32)cc1F. The van der Waals surface area contributed by atoms with Crippen LogP contribution >= 0.6 is 0 Å². The van der Waals surface area contributed by atoms with Crippen LogP contribution in [0.15, 0.2) is 12.1 Å². The topological polar surface area (TPSA) is 55.6 Å². The monoisotopic (exact) mass is 296 g/mol. The normalized spacial score (nSPS) is 25.5. The molecule has 3 rings (SSSR count). The molecular formula is C15H18F2N2O2. The van der Waals surface area contributed by atoms with E-state index in [0.29, 0.717) is 13.2 Å². The van der Waals surface area contributed by atoms with Crippen molar-refractivity contribution in [1.29, 1.82) is 0 Å². The highest BCUT2D eigenvalue weighted by Crippen LogP contribution is 2.30. The predicted molar refractivity (Wildman–Crippen MR) is 73.8 cm³/mol. The average Bonchev–Trinajstić information content (AvgIpc) is 2.51. The van der Waals surface area contributed by atoms with Crippen LogP contribution in [-0.2, 0) is 4.74 Å². The molecule has 1 heterocycles. The minimum atomic E-state index is -0.896. The van der Waals surface area contributed by atoms with Crippen LogP contribution in [0.2, 0.25) is 0 Å². The molecule has 1 aromatic rings. The summed E-state index contributed by atoms with van der Waals surface area (Å²) in [6, 6.07) is 2.02. The predicted octanol–water partition coefficient (Wildman–Crippen LogP) is 2.33. The number of ether oxygens (including phenoxy) is 1. The highest BCUT2D eigenvalue weighted by atomic mass is 19.1. The van der Waals surface area contributed by atoms with Crippen molar-refractivity contribution in [3.05, 3.63) is 29.3 Å². The molecule has 2 atom stereocenters. The number of anilines is 1. The van der Waals surface area contributed by atoms with Crippen LogP contribution in [0, 0.1) is 11.6 Å². The van der Waals surface area contributed by atoms with E-state index in [1.807, 2.05) is 0 Å². The molecular weight excluding hydrogens is 278 g/mol. The Morgan fingerprint density at radius 2 is 1.90 bits per heavy atom. The van der Waals surface area contributed by atoms with Crippen LogP contribution < -0.4 is 5.73 Å². The third-order valence-corrected chi connectivity index (χ3v) is 4.32. The maximum atomic E-state index is 13.5. The van der Waals surface area contributed by atoms with Crippen LogP contribution in [-0.4, -0.2) is 36.1 Å². The first kappa shape index (κ1) is 14.3. The summed E-state index contributed by atoms with van der Waals surface area (Å²) in [4.78, 5) is 14.3. The summed E-state index contributed by atoms with van der Waals surface area (Å²) in [5.41, 5.74) is 4.69. The van der Waals surface area contributed by atoms with E-state index in [1.54, 1.807) is 4.90 Å². The van der Waals surface area contributed by atoms with Gasteiger partial charge in [0.1, 0.15) is 17.3 Å². The van der Waals surface area contributed by atoms with E-state index >= 15 is 0 Å². The first-order chi connectivity index (χ1) is 10.1. The van der Waals surface area contributed by atoms with Crippen molar-refractivity contribution in [2.24, 2.45) is 0 Å². The lowest BCUT2D eigenvalue weighted by Gasteiger charge is -2.43. The van der Waals surface area contributed by atoms with Gasteiger partial charge < -0.3 is 15.4 Å². The Bertz CT molecular complexity index is 540. The van der Waals surface area contributed by atoms with Crippen LogP contribution in [0.1, 0.15) is 36.0 Å². The van der Waals surface area contributed by atoms with Gasteiger partial charge in [0.15, 0.2) is 0 Å². The zero-order valence-corrected chi connectivity index (χ0v) is 11.6. The molecule has 1 aliphatic carbocycles. The molecule has 0 spiro atoms. The summed E-state index contributed by atoms with van der Waals surface area (Å²) < 4.78 is 32.8. The molecule has 2 aliphatic rings. The van der Waals surface area contributed by atoms with Gasteiger partial charge in [-0.2, -0.15) is 0 Å². The number of benzene rings is 1. The highest BCUT2D eigenvalue weighted by molar-refractivity contribution is 5.95. The summed E-state index contributed by atoms with van der Waals surface area (Å²) in [5.74, 6) is -2.15. The fourth-order valence-electron chi connectivity index (χ4n) is 3.22. The van der Waals surface area contributed by atoms with Gasteiger partial charge in [0.05, 0.1) is 18.8 Å². The van der Waals surface area contributed by atoms with Gasteiger partial charge in [-0.05, 0) is 25.0 Å². The highest BCUT2D eigenvalue weighted by Gasteiger charge is 2.37. The number of halogens is 2. The van der Waals surface area contributed by atoms with Crippen molar-refractivity contribution in [2.75, 3.05) is 18.9 Å². The minimum absolute atomic E-state index is 0.00340. The maximum absolute atomic E-state index is 13.5. The zero-order chi connectivity index (χ0) is 15.0. The number of hydrogen-bond acceptors (Lipinski definition) is 3. The number of carbonyl (C=O) groups is 1. The Balaban J connectivity index is 1.87. The van der Waals surface area contributed by atoms with Gasteiger partial charge in [0, 0.05) is 12.1 Å². The Morgan fingerprint density at radius 1 is 1.24 bits per heavy atom. The van der Waals surface area contributed by atoms with Gasteiger partial charge in [-0.25, -0.2) is 8.78 Å². The molecule has 21 heavy (non-hydrogen) atoms. The third kappa shape index (κ3) is 2.60. The van der Waals surface area contributed by atoms with E-state index < -0.39 is 17.3 Å². The fourth-order valence-corrected chi connectivity index (χ4v) is 3.22. The first-order valence-corrected chi connectivity index (χ1v) is 7.25. The average molecular weight is 296 g/mol. The lowest BCUT2D eigenvalue weighted by molar-refractivity contribution is -0.0752. The van der Waals surface area contributed by atoms with E-state index in [9.17, 15) is 13.6 Å². The quantitative estimate of drug-likeness (QED) is 0.809. The Hall–Kier alpha value is -1.69. The van der Waals surface area contributed by atoms with Crippen molar-refractivity contribution in [3.63, 3.8) is 0 Å². The third-order valence-electron chi connectivity index (χ3n) is 4.32. The molecule has 0 aromatic heterocycles. The van der Waals surface area contributed by atoms with E-state index in [-0.39, 0.29) is 23.6 Å². The molecule has 1 amide bonds. The van der Waals surface area contributed by atoms with Crippen molar-refractivity contribution in [2.45, 2.75) is 37.8 Å². The number of nitrogens with zero attached hydrogens (tertiary/aromatic N) is 1. The number of rotatable bonds is 1. The molecule has 4 nitrogen and oxygen atoms in total. The van der Waals surface area contributed by atoms with Crippen molar-refractivity contribution < 1.29 is 18.3 Å². The largest absolute Gasteiger partial charge is 0.394 e. The van der Waals surface area contributed by atoms with Crippen LogP contribution in [0.5, 0.6) is 0 Å². The molecule has 2 N–H and O–H groups in total. The molecule has 1 saturated heterocycles. The molecule has 0 bridgehead atoms. The molecule has 1 aromatic carbocycles. The second kappa shape index (κ2) is 5.60. The number of morpholine rings is 1. The van der Waals surface area contributed by atoms with E-state index in [2.05, 4.69) is 0 Å². The van der Waals surface area contributed by atoms with E-state index in [1.165, 1.54) is 0 Å². The van der Waals surface area contributed by atoms with Crippen molar-refractivity contribution in [1.82, 2.24) is 4.90 Å². The van der Waals surface area contributed by atoms with Crippen molar-refractivity contribution >= 4 is 11.6 Å². The van der Waals surface area contributed by atoms with Gasteiger partial charge in [0.2, 0.25) is 0 Å². The molecule has 1 aliphatic heterocycles. The maximum Gasteiger partial charge on any atom is 0.254 e.